The molecule has 0 bridgehead atoms. The van der Waals surface area contributed by atoms with Crippen molar-refractivity contribution in [2.24, 2.45) is 5.92 Å². The standard InChI is InChI=1S/C12H17N3/c1-9(2)11(15-8-6-13)12-10(3)5-4-7-14-12/h4-5,7,9,11,15H,8H2,1-3H3. The van der Waals surface area contributed by atoms with E-state index < -0.39 is 0 Å². The van der Waals surface area contributed by atoms with Crippen molar-refractivity contribution in [3.8, 4) is 6.07 Å². The van der Waals surface area contributed by atoms with E-state index in [9.17, 15) is 0 Å². The molecule has 3 heteroatoms. The number of pyridine rings is 1. The van der Waals surface area contributed by atoms with Gasteiger partial charge in [0, 0.05) is 6.20 Å². The van der Waals surface area contributed by atoms with Crippen LogP contribution in [0.4, 0.5) is 0 Å². The van der Waals surface area contributed by atoms with Gasteiger partial charge in [0.1, 0.15) is 0 Å². The van der Waals surface area contributed by atoms with Crippen molar-refractivity contribution >= 4 is 0 Å². The van der Waals surface area contributed by atoms with Crippen LogP contribution in [0.25, 0.3) is 0 Å². The lowest BCUT2D eigenvalue weighted by molar-refractivity contribution is 0.419. The van der Waals surface area contributed by atoms with Crippen LogP contribution in [0.3, 0.4) is 0 Å². The molecule has 15 heavy (non-hydrogen) atoms. The molecule has 0 saturated heterocycles. The summed E-state index contributed by atoms with van der Waals surface area (Å²) in [7, 11) is 0. The fourth-order valence-electron chi connectivity index (χ4n) is 1.63. The lowest BCUT2D eigenvalue weighted by Crippen LogP contribution is -2.27. The Morgan fingerprint density at radius 2 is 2.27 bits per heavy atom. The highest BCUT2D eigenvalue weighted by Crippen LogP contribution is 2.21. The van der Waals surface area contributed by atoms with Crippen LogP contribution in [-0.2, 0) is 0 Å². The maximum absolute atomic E-state index is 8.58. The molecule has 1 heterocycles. The summed E-state index contributed by atoms with van der Waals surface area (Å²) in [6.45, 7) is 6.66. The maximum Gasteiger partial charge on any atom is 0.0846 e. The minimum absolute atomic E-state index is 0.158. The summed E-state index contributed by atoms with van der Waals surface area (Å²) in [5, 5.41) is 11.8. The number of hydrogen-bond acceptors (Lipinski definition) is 3. The average molecular weight is 203 g/mol. The predicted molar refractivity (Wildman–Crippen MR) is 60.2 cm³/mol. The Balaban J connectivity index is 2.90. The first-order chi connectivity index (χ1) is 7.16. The Morgan fingerprint density at radius 1 is 1.53 bits per heavy atom. The van der Waals surface area contributed by atoms with Gasteiger partial charge in [-0.1, -0.05) is 19.9 Å². The molecule has 80 valence electrons. The Hall–Kier alpha value is -1.40. The third-order valence-electron chi connectivity index (χ3n) is 2.41. The summed E-state index contributed by atoms with van der Waals surface area (Å²) < 4.78 is 0. The van der Waals surface area contributed by atoms with Crippen LogP contribution in [0.2, 0.25) is 0 Å². The molecule has 0 amide bonds. The summed E-state index contributed by atoms with van der Waals surface area (Å²) in [6.07, 6.45) is 1.80. The van der Waals surface area contributed by atoms with E-state index in [0.717, 1.165) is 5.69 Å². The average Bonchev–Trinajstić information content (AvgIpc) is 2.20. The molecular weight excluding hydrogens is 186 g/mol. The fraction of sp³-hybridized carbons (Fsp3) is 0.500. The second kappa shape index (κ2) is 5.47. The highest BCUT2D eigenvalue weighted by molar-refractivity contribution is 5.21. The minimum Gasteiger partial charge on any atom is -0.296 e. The van der Waals surface area contributed by atoms with Gasteiger partial charge in [-0.05, 0) is 24.5 Å². The molecule has 3 nitrogen and oxygen atoms in total. The maximum atomic E-state index is 8.58. The molecule has 1 aromatic rings. The van der Waals surface area contributed by atoms with Crippen LogP contribution in [0.15, 0.2) is 18.3 Å². The van der Waals surface area contributed by atoms with E-state index in [1.165, 1.54) is 5.56 Å². The van der Waals surface area contributed by atoms with Crippen LogP contribution < -0.4 is 5.32 Å². The molecule has 0 spiro atoms. The molecule has 0 saturated carbocycles. The molecule has 1 unspecified atom stereocenters. The van der Waals surface area contributed by atoms with Crippen LogP contribution >= 0.6 is 0 Å². The highest BCUT2D eigenvalue weighted by Gasteiger charge is 2.17. The Kier molecular flexibility index (Phi) is 4.26. The van der Waals surface area contributed by atoms with Gasteiger partial charge in [-0.15, -0.1) is 0 Å². The summed E-state index contributed by atoms with van der Waals surface area (Å²) in [6, 6.07) is 6.24. The van der Waals surface area contributed by atoms with Crippen molar-refractivity contribution in [3.63, 3.8) is 0 Å². The van der Waals surface area contributed by atoms with Gasteiger partial charge in [0.05, 0.1) is 24.3 Å². The largest absolute Gasteiger partial charge is 0.296 e. The third-order valence-corrected chi connectivity index (χ3v) is 2.41. The van der Waals surface area contributed by atoms with Crippen LogP contribution in [-0.4, -0.2) is 11.5 Å². The highest BCUT2D eigenvalue weighted by atomic mass is 14.9. The van der Waals surface area contributed by atoms with Gasteiger partial charge in [-0.2, -0.15) is 5.26 Å². The molecule has 0 fully saturated rings. The number of aromatic nitrogens is 1. The van der Waals surface area contributed by atoms with Gasteiger partial charge in [-0.3, -0.25) is 10.3 Å². The molecule has 0 aromatic carbocycles. The van der Waals surface area contributed by atoms with Gasteiger partial charge >= 0.3 is 0 Å². The SMILES string of the molecule is Cc1cccnc1C(NCC#N)C(C)C. The monoisotopic (exact) mass is 203 g/mol. The minimum atomic E-state index is 0.158. The van der Waals surface area contributed by atoms with E-state index in [2.05, 4.69) is 30.2 Å². The lowest BCUT2D eigenvalue weighted by atomic mass is 9.97. The van der Waals surface area contributed by atoms with Gasteiger partial charge < -0.3 is 0 Å². The van der Waals surface area contributed by atoms with Crippen molar-refractivity contribution in [3.05, 3.63) is 29.6 Å². The first-order valence-electron chi connectivity index (χ1n) is 5.18. The molecule has 1 N–H and O–H groups in total. The van der Waals surface area contributed by atoms with E-state index in [4.69, 9.17) is 5.26 Å². The van der Waals surface area contributed by atoms with Gasteiger partial charge in [0.15, 0.2) is 0 Å². The summed E-state index contributed by atoms with van der Waals surface area (Å²) in [4.78, 5) is 4.38. The zero-order valence-corrected chi connectivity index (χ0v) is 9.49. The number of aryl methyl sites for hydroxylation is 1. The van der Waals surface area contributed by atoms with Crippen LogP contribution in [0, 0.1) is 24.2 Å². The first kappa shape index (κ1) is 11.7. The molecular formula is C12H17N3. The second-order valence-electron chi connectivity index (χ2n) is 3.97. The Morgan fingerprint density at radius 3 is 2.80 bits per heavy atom. The number of rotatable bonds is 4. The summed E-state index contributed by atoms with van der Waals surface area (Å²) in [5.74, 6) is 0.423. The molecule has 0 aliphatic rings. The zero-order valence-electron chi connectivity index (χ0n) is 9.49. The fourth-order valence-corrected chi connectivity index (χ4v) is 1.63. The van der Waals surface area contributed by atoms with Crippen molar-refractivity contribution in [1.82, 2.24) is 10.3 Å². The van der Waals surface area contributed by atoms with E-state index in [1.54, 1.807) is 6.20 Å². The Bertz CT molecular complexity index is 352. The van der Waals surface area contributed by atoms with E-state index in [1.807, 2.05) is 19.1 Å². The Labute approximate surface area is 91.1 Å². The van der Waals surface area contributed by atoms with Crippen molar-refractivity contribution in [2.45, 2.75) is 26.8 Å². The number of nitriles is 1. The third kappa shape index (κ3) is 3.03. The van der Waals surface area contributed by atoms with Gasteiger partial charge in [-0.25, -0.2) is 0 Å². The van der Waals surface area contributed by atoms with E-state index in [0.29, 0.717) is 12.5 Å². The molecule has 1 aromatic heterocycles. The number of nitrogens with one attached hydrogen (secondary N) is 1. The predicted octanol–water partition coefficient (Wildman–Crippen LogP) is 2.20. The van der Waals surface area contributed by atoms with Gasteiger partial charge in [0.2, 0.25) is 0 Å². The number of hydrogen-bond donors (Lipinski definition) is 1. The normalized spacial score (nSPS) is 12.5. The van der Waals surface area contributed by atoms with Crippen LogP contribution in [0.1, 0.15) is 31.1 Å². The molecule has 0 radical (unpaired) electrons. The van der Waals surface area contributed by atoms with Crippen molar-refractivity contribution in [1.29, 1.82) is 5.26 Å². The molecule has 0 aliphatic heterocycles. The second-order valence-corrected chi connectivity index (χ2v) is 3.97. The molecule has 0 aliphatic carbocycles. The lowest BCUT2D eigenvalue weighted by Gasteiger charge is -2.22. The van der Waals surface area contributed by atoms with Crippen molar-refractivity contribution in [2.75, 3.05) is 6.54 Å². The summed E-state index contributed by atoms with van der Waals surface area (Å²) >= 11 is 0. The molecule has 1 rings (SSSR count). The van der Waals surface area contributed by atoms with Gasteiger partial charge in [0.25, 0.3) is 0 Å². The molecule has 1 atom stereocenters. The first-order valence-corrected chi connectivity index (χ1v) is 5.18. The number of nitrogens with zero attached hydrogens (tertiary/aromatic N) is 2. The smallest absolute Gasteiger partial charge is 0.0846 e. The topological polar surface area (TPSA) is 48.7 Å². The van der Waals surface area contributed by atoms with E-state index >= 15 is 0 Å². The quantitative estimate of drug-likeness (QED) is 0.763. The van der Waals surface area contributed by atoms with Crippen LogP contribution in [0.5, 0.6) is 0 Å². The van der Waals surface area contributed by atoms with E-state index in [-0.39, 0.29) is 6.04 Å². The summed E-state index contributed by atoms with van der Waals surface area (Å²) in [5.41, 5.74) is 2.21. The zero-order chi connectivity index (χ0) is 11.3. The van der Waals surface area contributed by atoms with Crippen molar-refractivity contribution < 1.29 is 0 Å².